The van der Waals surface area contributed by atoms with Gasteiger partial charge in [-0.1, -0.05) is 37.5 Å². The second kappa shape index (κ2) is 5.19. The van der Waals surface area contributed by atoms with Crippen LogP contribution in [0.4, 0.5) is 0 Å². The quantitative estimate of drug-likeness (QED) is 0.705. The van der Waals surface area contributed by atoms with Crippen LogP contribution in [-0.2, 0) is 0 Å². The summed E-state index contributed by atoms with van der Waals surface area (Å²) in [6.45, 7) is 8.16. The summed E-state index contributed by atoms with van der Waals surface area (Å²) in [6.07, 6.45) is 10.3. The van der Waals surface area contributed by atoms with Crippen LogP contribution in [0.3, 0.4) is 0 Å². The maximum Gasteiger partial charge on any atom is 0.0212 e. The van der Waals surface area contributed by atoms with Crippen LogP contribution in [0.15, 0.2) is 34.1 Å². The fraction of sp³-hybridized carbons (Fsp3) is 0.667. The van der Waals surface area contributed by atoms with E-state index in [4.69, 9.17) is 0 Å². The predicted octanol–water partition coefficient (Wildman–Crippen LogP) is 4.73. The Morgan fingerprint density at radius 3 is 2.84 bits per heavy atom. The minimum absolute atomic E-state index is 0.586. The maximum absolute atomic E-state index is 3.69. The molecule has 1 N–H and O–H groups in total. The first-order valence-electron chi connectivity index (χ1n) is 8.05. The summed E-state index contributed by atoms with van der Waals surface area (Å²) in [5.74, 6) is 1.52. The van der Waals surface area contributed by atoms with Crippen LogP contribution in [0.5, 0.6) is 0 Å². The molecule has 1 atom stereocenters. The minimum Gasteiger partial charge on any atom is -0.387 e. The summed E-state index contributed by atoms with van der Waals surface area (Å²) in [5.41, 5.74) is 8.30. The number of rotatable bonds is 2. The Morgan fingerprint density at radius 1 is 1.32 bits per heavy atom. The minimum atomic E-state index is 0.586. The topological polar surface area (TPSA) is 12.0 Å². The zero-order chi connectivity index (χ0) is 13.4. The summed E-state index contributed by atoms with van der Waals surface area (Å²) in [6, 6.07) is 0. The van der Waals surface area contributed by atoms with Crippen LogP contribution in [0.25, 0.3) is 0 Å². The number of nitrogens with one attached hydrogen (secondary N) is 1. The Balaban J connectivity index is 2.05. The van der Waals surface area contributed by atoms with Gasteiger partial charge in [0.15, 0.2) is 0 Å². The van der Waals surface area contributed by atoms with Gasteiger partial charge >= 0.3 is 0 Å². The van der Waals surface area contributed by atoms with Crippen molar-refractivity contribution in [2.45, 2.75) is 59.3 Å². The number of allylic oxidation sites excluding steroid dienone is 4. The lowest BCUT2D eigenvalue weighted by Gasteiger charge is -2.34. The van der Waals surface area contributed by atoms with Crippen molar-refractivity contribution in [1.82, 2.24) is 5.32 Å². The Hall–Kier alpha value is -0.980. The van der Waals surface area contributed by atoms with Gasteiger partial charge in [-0.25, -0.2) is 0 Å². The zero-order valence-corrected chi connectivity index (χ0v) is 12.7. The van der Waals surface area contributed by atoms with Gasteiger partial charge in [-0.3, -0.25) is 0 Å². The molecule has 1 saturated carbocycles. The molecule has 1 nitrogen and oxygen atoms in total. The molecule has 104 valence electrons. The van der Waals surface area contributed by atoms with E-state index in [0.717, 1.165) is 12.5 Å². The molecule has 0 saturated heterocycles. The van der Waals surface area contributed by atoms with E-state index in [2.05, 4.69) is 32.2 Å². The molecule has 1 unspecified atom stereocenters. The standard InChI is InChI=1S/C18H27N/c1-4-5-16-15-10-14(11-15)7-6-12(2)13(3)18-17(16)8-9-19-18/h6,13-14,19H,4-5,7-11H2,1-3H3/b12-6-,16-15?. The van der Waals surface area contributed by atoms with E-state index < -0.39 is 0 Å². The summed E-state index contributed by atoms with van der Waals surface area (Å²) >= 11 is 0. The third kappa shape index (κ3) is 2.28. The van der Waals surface area contributed by atoms with Gasteiger partial charge in [-0.15, -0.1) is 0 Å². The molecule has 1 fully saturated rings. The van der Waals surface area contributed by atoms with Crippen molar-refractivity contribution in [2.24, 2.45) is 11.8 Å². The van der Waals surface area contributed by atoms with Gasteiger partial charge in [0.25, 0.3) is 0 Å². The van der Waals surface area contributed by atoms with Gasteiger partial charge in [0.1, 0.15) is 0 Å². The fourth-order valence-electron chi connectivity index (χ4n) is 3.89. The molecule has 1 heteroatoms. The second-order valence-electron chi connectivity index (χ2n) is 6.58. The average molecular weight is 257 g/mol. The molecule has 4 rings (SSSR count). The van der Waals surface area contributed by atoms with E-state index in [-0.39, 0.29) is 0 Å². The smallest absolute Gasteiger partial charge is 0.0212 e. The molecule has 0 aromatic heterocycles. The van der Waals surface area contributed by atoms with Crippen molar-refractivity contribution in [3.8, 4) is 0 Å². The SMILES string of the molecule is CCCC1=C2CC(C/C=C(/C)C(C)C3=C1CCN3)C2. The highest BCUT2D eigenvalue weighted by atomic mass is 14.9. The molecular weight excluding hydrogens is 230 g/mol. The highest BCUT2D eigenvalue weighted by Gasteiger charge is 2.30. The van der Waals surface area contributed by atoms with Crippen LogP contribution in [-0.4, -0.2) is 6.54 Å². The molecule has 0 radical (unpaired) electrons. The molecule has 4 aliphatic rings. The van der Waals surface area contributed by atoms with Crippen molar-refractivity contribution in [3.63, 3.8) is 0 Å². The Bertz CT molecular complexity index is 456. The van der Waals surface area contributed by atoms with E-state index >= 15 is 0 Å². The van der Waals surface area contributed by atoms with Gasteiger partial charge in [-0.05, 0) is 56.1 Å². The van der Waals surface area contributed by atoms with Crippen molar-refractivity contribution in [2.75, 3.05) is 6.54 Å². The summed E-state index contributed by atoms with van der Waals surface area (Å²) in [4.78, 5) is 0. The molecular formula is C18H27N. The lowest BCUT2D eigenvalue weighted by atomic mass is 9.72. The normalized spacial score (nSPS) is 33.3. The summed E-state index contributed by atoms with van der Waals surface area (Å²) in [5, 5.41) is 3.69. The zero-order valence-electron chi connectivity index (χ0n) is 12.7. The molecule has 0 amide bonds. The molecule has 19 heavy (non-hydrogen) atoms. The van der Waals surface area contributed by atoms with Gasteiger partial charge in [0.2, 0.25) is 0 Å². The maximum atomic E-state index is 3.69. The number of hydrogen-bond donors (Lipinski definition) is 1. The summed E-state index contributed by atoms with van der Waals surface area (Å²) in [7, 11) is 0. The molecule has 0 aromatic carbocycles. The number of hydrogen-bond acceptors (Lipinski definition) is 1. The van der Waals surface area contributed by atoms with Crippen molar-refractivity contribution >= 4 is 0 Å². The Morgan fingerprint density at radius 2 is 2.11 bits per heavy atom. The second-order valence-corrected chi connectivity index (χ2v) is 6.58. The third-order valence-corrected chi connectivity index (χ3v) is 5.27. The first-order chi connectivity index (χ1) is 9.20. The van der Waals surface area contributed by atoms with Crippen LogP contribution in [0.2, 0.25) is 0 Å². The first-order valence-corrected chi connectivity index (χ1v) is 8.05. The van der Waals surface area contributed by atoms with E-state index in [9.17, 15) is 0 Å². The highest BCUT2D eigenvalue weighted by Crippen LogP contribution is 2.44. The van der Waals surface area contributed by atoms with E-state index in [0.29, 0.717) is 5.92 Å². The van der Waals surface area contributed by atoms with Gasteiger partial charge in [-0.2, -0.15) is 0 Å². The fourth-order valence-corrected chi connectivity index (χ4v) is 3.89. The van der Waals surface area contributed by atoms with Gasteiger partial charge < -0.3 is 5.32 Å². The van der Waals surface area contributed by atoms with Crippen molar-refractivity contribution in [1.29, 1.82) is 0 Å². The van der Waals surface area contributed by atoms with Crippen molar-refractivity contribution < 1.29 is 0 Å². The lowest BCUT2D eigenvalue weighted by molar-refractivity contribution is 0.414. The first kappa shape index (κ1) is 13.0. The van der Waals surface area contributed by atoms with Crippen LogP contribution in [0.1, 0.15) is 59.3 Å². The van der Waals surface area contributed by atoms with E-state index in [1.54, 1.807) is 22.3 Å². The van der Waals surface area contributed by atoms with Gasteiger partial charge in [0, 0.05) is 18.2 Å². The molecule has 1 aliphatic heterocycles. The van der Waals surface area contributed by atoms with Crippen LogP contribution >= 0.6 is 0 Å². The largest absolute Gasteiger partial charge is 0.387 e. The Labute approximate surface area is 117 Å². The molecule has 3 aliphatic carbocycles. The summed E-state index contributed by atoms with van der Waals surface area (Å²) < 4.78 is 0. The van der Waals surface area contributed by atoms with Gasteiger partial charge in [0.05, 0.1) is 0 Å². The number of fused-ring (bicyclic) bond motifs is 2. The highest BCUT2D eigenvalue weighted by molar-refractivity contribution is 5.45. The molecule has 1 heterocycles. The monoisotopic (exact) mass is 257 g/mol. The van der Waals surface area contributed by atoms with Crippen LogP contribution < -0.4 is 5.32 Å². The molecule has 0 spiro atoms. The molecule has 2 bridgehead atoms. The predicted molar refractivity (Wildman–Crippen MR) is 81.8 cm³/mol. The van der Waals surface area contributed by atoms with E-state index in [1.807, 2.05) is 0 Å². The lowest BCUT2D eigenvalue weighted by Crippen LogP contribution is -2.20. The Kier molecular flexibility index (Phi) is 3.56. The molecule has 0 aromatic rings. The average Bonchev–Trinajstić information content (AvgIpc) is 2.82. The van der Waals surface area contributed by atoms with E-state index in [1.165, 1.54) is 44.2 Å². The van der Waals surface area contributed by atoms with Crippen molar-refractivity contribution in [3.05, 3.63) is 34.1 Å². The van der Waals surface area contributed by atoms with Crippen LogP contribution in [0, 0.1) is 11.8 Å². The third-order valence-electron chi connectivity index (χ3n) is 5.27.